The molecule has 44 heavy (non-hydrogen) atoms. The van der Waals surface area contributed by atoms with Crippen molar-refractivity contribution in [1.29, 1.82) is 0 Å². The molecule has 2 heterocycles. The number of hydrogen-bond donors (Lipinski definition) is 0. The maximum absolute atomic E-state index is 14.1. The van der Waals surface area contributed by atoms with Gasteiger partial charge in [-0.15, -0.1) is 0 Å². The lowest BCUT2D eigenvalue weighted by Crippen LogP contribution is -2.48. The predicted octanol–water partition coefficient (Wildman–Crippen LogP) is 10.1. The van der Waals surface area contributed by atoms with Gasteiger partial charge >= 0.3 is 0 Å². The van der Waals surface area contributed by atoms with Crippen LogP contribution in [0.15, 0.2) is 24.3 Å². The summed E-state index contributed by atoms with van der Waals surface area (Å²) in [6.45, 7) is 33.0. The zero-order valence-corrected chi connectivity index (χ0v) is 31.3. The van der Waals surface area contributed by atoms with Crippen LogP contribution >= 0.6 is 0 Å². The lowest BCUT2D eigenvalue weighted by atomic mass is 9.59. The first kappa shape index (κ1) is 39.9. The first-order chi connectivity index (χ1) is 20.0. The highest BCUT2D eigenvalue weighted by Gasteiger charge is 2.59. The highest BCUT2D eigenvalue weighted by molar-refractivity contribution is 6.22. The Balaban J connectivity index is 0.00000108. The van der Waals surface area contributed by atoms with Crippen molar-refractivity contribution in [1.82, 2.24) is 4.90 Å². The van der Waals surface area contributed by atoms with Crippen molar-refractivity contribution < 1.29 is 14.4 Å². The average molecular weight is 613 g/mol. The molecule has 0 saturated carbocycles. The van der Waals surface area contributed by atoms with Crippen LogP contribution in [-0.2, 0) is 20.8 Å². The molecule has 0 N–H and O–H groups in total. The number of benzene rings is 1. The van der Waals surface area contributed by atoms with E-state index in [-0.39, 0.29) is 34.6 Å². The quantitative estimate of drug-likeness (QED) is 0.261. The van der Waals surface area contributed by atoms with Gasteiger partial charge in [0.15, 0.2) is 0 Å². The molecule has 5 nitrogen and oxygen atoms in total. The summed E-state index contributed by atoms with van der Waals surface area (Å²) in [5.41, 5.74) is 1.42. The normalized spacial score (nSPS) is 20.3. The largest absolute Gasteiger partial charge is 0.339 e. The minimum Gasteiger partial charge on any atom is -0.339 e. The van der Waals surface area contributed by atoms with E-state index in [2.05, 4.69) is 104 Å². The van der Waals surface area contributed by atoms with Gasteiger partial charge in [0, 0.05) is 19.0 Å². The van der Waals surface area contributed by atoms with Crippen LogP contribution in [0.25, 0.3) is 0 Å². The molecule has 2 fully saturated rings. The van der Waals surface area contributed by atoms with Gasteiger partial charge in [0.05, 0.1) is 17.5 Å². The number of carbonyl (C=O) groups excluding carboxylic acids is 3. The van der Waals surface area contributed by atoms with Gasteiger partial charge in [-0.05, 0) is 72.0 Å². The fourth-order valence-corrected chi connectivity index (χ4v) is 6.71. The lowest BCUT2D eigenvalue weighted by Gasteiger charge is -2.46. The van der Waals surface area contributed by atoms with Gasteiger partial charge < -0.3 is 4.90 Å². The van der Waals surface area contributed by atoms with Crippen molar-refractivity contribution in [2.24, 2.45) is 33.5 Å². The first-order valence-electron chi connectivity index (χ1n) is 17.3. The Morgan fingerprint density at radius 2 is 1.27 bits per heavy atom. The van der Waals surface area contributed by atoms with E-state index < -0.39 is 17.3 Å². The molecule has 1 aromatic carbocycles. The van der Waals surface area contributed by atoms with Gasteiger partial charge in [0.1, 0.15) is 0 Å². The van der Waals surface area contributed by atoms with Gasteiger partial charge in [-0.2, -0.15) is 0 Å². The number of anilines is 1. The van der Waals surface area contributed by atoms with Gasteiger partial charge in [-0.25, -0.2) is 0 Å². The number of amides is 3. The number of unbranched alkanes of at least 4 members (excludes halogenated alkanes) is 1. The maximum atomic E-state index is 14.1. The van der Waals surface area contributed by atoms with Crippen LogP contribution in [0.2, 0.25) is 0 Å². The maximum Gasteiger partial charge on any atom is 0.238 e. The standard InChI is InChI=1S/C31H48N2O3.C5H12.C3H8/c1-10-11-13-22-15-17-23(18-16-22)33-27(35)25(29(3,4)5)26(28(33)36)31(8,9)20-30(6,7)21(2)32-19-12-14-24(32)34;1-5(2,3)4;1-3-2/h15-18,21,25-26H,10-14,19-20H2,1-9H3;1-4H3;3H2,1-2H3. The minimum absolute atomic E-state index is 0.0684. The van der Waals surface area contributed by atoms with E-state index in [0.29, 0.717) is 17.5 Å². The Bertz CT molecular complexity index is 1070. The summed E-state index contributed by atoms with van der Waals surface area (Å²) < 4.78 is 0. The molecule has 2 aliphatic rings. The van der Waals surface area contributed by atoms with Crippen molar-refractivity contribution in [2.75, 3.05) is 11.4 Å². The second kappa shape index (κ2) is 15.9. The molecular formula is C39H68N2O3. The monoisotopic (exact) mass is 613 g/mol. The zero-order valence-electron chi connectivity index (χ0n) is 31.3. The third-order valence-corrected chi connectivity index (χ3v) is 8.71. The summed E-state index contributed by atoms with van der Waals surface area (Å²) in [4.78, 5) is 43.9. The summed E-state index contributed by atoms with van der Waals surface area (Å²) in [5.74, 6) is -0.786. The fraction of sp³-hybridized carbons (Fsp3) is 0.769. The van der Waals surface area contributed by atoms with Crippen LogP contribution in [0.3, 0.4) is 0 Å². The second-order valence-electron chi connectivity index (χ2n) is 17.3. The van der Waals surface area contributed by atoms with Crippen LogP contribution in [-0.4, -0.2) is 35.2 Å². The van der Waals surface area contributed by atoms with Crippen molar-refractivity contribution in [3.05, 3.63) is 29.8 Å². The average Bonchev–Trinajstić information content (AvgIpc) is 3.41. The molecule has 3 atom stereocenters. The number of hydrogen-bond acceptors (Lipinski definition) is 3. The van der Waals surface area contributed by atoms with Gasteiger partial charge in [-0.3, -0.25) is 19.3 Å². The van der Waals surface area contributed by atoms with E-state index in [1.807, 2.05) is 29.2 Å². The molecule has 3 amide bonds. The zero-order chi connectivity index (χ0) is 34.3. The third kappa shape index (κ3) is 11.0. The number of carbonyl (C=O) groups is 3. The van der Waals surface area contributed by atoms with Crippen molar-refractivity contribution in [2.45, 2.75) is 155 Å². The van der Waals surface area contributed by atoms with E-state index in [4.69, 9.17) is 0 Å². The topological polar surface area (TPSA) is 57.7 Å². The van der Waals surface area contributed by atoms with Crippen LogP contribution in [0, 0.1) is 33.5 Å². The molecule has 0 bridgehead atoms. The summed E-state index contributed by atoms with van der Waals surface area (Å²) in [6.07, 6.45) is 6.79. The SMILES string of the molecule is CC(C)(C)C.CCC.CCCCc1ccc(N2C(=O)C(C(C)(C)C)C(C(C)(C)CC(C)(C)C(C)N3CCCC3=O)C2=O)cc1. The van der Waals surface area contributed by atoms with E-state index in [0.717, 1.165) is 38.6 Å². The molecule has 5 heteroatoms. The van der Waals surface area contributed by atoms with Crippen molar-refractivity contribution in [3.8, 4) is 0 Å². The minimum atomic E-state index is -0.430. The second-order valence-corrected chi connectivity index (χ2v) is 17.3. The number of likely N-dealkylation sites (tertiary alicyclic amines) is 1. The van der Waals surface area contributed by atoms with E-state index >= 15 is 0 Å². The highest BCUT2D eigenvalue weighted by atomic mass is 16.2. The molecule has 0 aromatic heterocycles. The van der Waals surface area contributed by atoms with Gasteiger partial charge in [0.2, 0.25) is 17.7 Å². The Morgan fingerprint density at radius 1 is 0.795 bits per heavy atom. The van der Waals surface area contributed by atoms with E-state index in [1.54, 1.807) is 0 Å². The Labute approximate surface area is 271 Å². The summed E-state index contributed by atoms with van der Waals surface area (Å²) in [5, 5.41) is 0. The molecule has 2 saturated heterocycles. The van der Waals surface area contributed by atoms with Crippen LogP contribution in [0.4, 0.5) is 5.69 Å². The van der Waals surface area contributed by atoms with E-state index in [9.17, 15) is 14.4 Å². The molecule has 1 aromatic rings. The van der Waals surface area contributed by atoms with E-state index in [1.165, 1.54) is 16.9 Å². The van der Waals surface area contributed by atoms with Crippen LogP contribution < -0.4 is 4.90 Å². The molecule has 0 radical (unpaired) electrons. The Hall–Kier alpha value is -2.17. The molecule has 3 unspecified atom stereocenters. The molecular weight excluding hydrogens is 544 g/mol. The summed E-state index contributed by atoms with van der Waals surface area (Å²) >= 11 is 0. The predicted molar refractivity (Wildman–Crippen MR) is 188 cm³/mol. The lowest BCUT2D eigenvalue weighted by molar-refractivity contribution is -0.134. The summed E-state index contributed by atoms with van der Waals surface area (Å²) in [7, 11) is 0. The number of nitrogens with zero attached hydrogens (tertiary/aromatic N) is 2. The highest BCUT2D eigenvalue weighted by Crippen LogP contribution is 2.53. The molecule has 0 spiro atoms. The number of aryl methyl sites for hydroxylation is 1. The first-order valence-corrected chi connectivity index (χ1v) is 17.3. The molecule has 252 valence electrons. The third-order valence-electron chi connectivity index (χ3n) is 8.71. The summed E-state index contributed by atoms with van der Waals surface area (Å²) in [6, 6.07) is 8.03. The Morgan fingerprint density at radius 3 is 1.68 bits per heavy atom. The number of imide groups is 1. The van der Waals surface area contributed by atoms with Crippen molar-refractivity contribution in [3.63, 3.8) is 0 Å². The van der Waals surface area contributed by atoms with Crippen LogP contribution in [0.1, 0.15) is 148 Å². The molecule has 2 aliphatic heterocycles. The van der Waals surface area contributed by atoms with Gasteiger partial charge in [-0.1, -0.05) is 122 Å². The fourth-order valence-electron chi connectivity index (χ4n) is 6.71. The van der Waals surface area contributed by atoms with Gasteiger partial charge in [0.25, 0.3) is 0 Å². The Kier molecular flexibility index (Phi) is 14.4. The van der Waals surface area contributed by atoms with Crippen LogP contribution in [0.5, 0.6) is 0 Å². The molecule has 3 rings (SSSR count). The van der Waals surface area contributed by atoms with Crippen molar-refractivity contribution >= 4 is 23.4 Å². The smallest absolute Gasteiger partial charge is 0.238 e. The number of rotatable bonds is 9. The molecule has 0 aliphatic carbocycles.